The minimum atomic E-state index is -0.509. The number of benzene rings is 1. The molecule has 0 heterocycles. The molecule has 3 nitrogen and oxygen atoms in total. The van der Waals surface area contributed by atoms with E-state index < -0.39 is 11.6 Å². The van der Waals surface area contributed by atoms with E-state index in [1.807, 2.05) is 0 Å². The number of nitrogens with one attached hydrogen (secondary N) is 2. The van der Waals surface area contributed by atoms with E-state index in [0.717, 1.165) is 13.1 Å². The van der Waals surface area contributed by atoms with E-state index in [1.165, 1.54) is 18.2 Å². The minimum absolute atomic E-state index is 0.0874. The second-order valence-electron chi connectivity index (χ2n) is 3.62. The lowest BCUT2D eigenvalue weighted by Gasteiger charge is -2.07. The summed E-state index contributed by atoms with van der Waals surface area (Å²) < 4.78 is 31.3. The Hall–Kier alpha value is -1.04. The molecule has 1 aromatic carbocycles. The summed E-state index contributed by atoms with van der Waals surface area (Å²) in [6.07, 6.45) is 0. The van der Waals surface area contributed by atoms with Gasteiger partial charge in [-0.05, 0) is 12.1 Å². The van der Waals surface area contributed by atoms with Crippen LogP contribution in [0.15, 0.2) is 18.2 Å². The number of hydrogen-bond acceptors (Lipinski definition) is 3. The Bertz CT molecular complexity index is 314. The molecule has 5 heteroatoms. The van der Waals surface area contributed by atoms with Gasteiger partial charge in [-0.15, -0.1) is 0 Å². The van der Waals surface area contributed by atoms with Crippen molar-refractivity contribution in [2.24, 2.45) is 0 Å². The fourth-order valence-corrected chi connectivity index (χ4v) is 1.39. The fourth-order valence-electron chi connectivity index (χ4n) is 1.39. The molecule has 0 saturated carbocycles. The molecule has 1 aromatic rings. The Morgan fingerprint density at radius 2 is 1.71 bits per heavy atom. The van der Waals surface area contributed by atoms with Gasteiger partial charge in [-0.1, -0.05) is 6.07 Å². The Labute approximate surface area is 100 Å². The van der Waals surface area contributed by atoms with Gasteiger partial charge in [0, 0.05) is 38.9 Å². The third kappa shape index (κ3) is 5.21. The molecular formula is C12H18F2N2O. The highest BCUT2D eigenvalue weighted by atomic mass is 19.1. The smallest absolute Gasteiger partial charge is 0.130 e. The maximum atomic E-state index is 13.2. The predicted octanol–water partition coefficient (Wildman–Crippen LogP) is 1.29. The molecule has 0 aromatic heterocycles. The normalized spacial score (nSPS) is 10.8. The predicted molar refractivity (Wildman–Crippen MR) is 62.8 cm³/mol. The molecule has 0 bridgehead atoms. The number of methoxy groups -OCH3 is 1. The van der Waals surface area contributed by atoms with Crippen LogP contribution >= 0.6 is 0 Å². The molecule has 0 aliphatic carbocycles. The van der Waals surface area contributed by atoms with E-state index in [1.54, 1.807) is 7.11 Å². The molecule has 0 atom stereocenters. The SMILES string of the molecule is COCCNCCNCc1c(F)cccc1F. The fraction of sp³-hybridized carbons (Fsp3) is 0.500. The van der Waals surface area contributed by atoms with Gasteiger partial charge in [0.2, 0.25) is 0 Å². The van der Waals surface area contributed by atoms with Crippen LogP contribution in [0.1, 0.15) is 5.56 Å². The van der Waals surface area contributed by atoms with E-state index in [9.17, 15) is 8.78 Å². The van der Waals surface area contributed by atoms with E-state index >= 15 is 0 Å². The molecule has 0 saturated heterocycles. The number of halogens is 2. The second-order valence-corrected chi connectivity index (χ2v) is 3.62. The van der Waals surface area contributed by atoms with Gasteiger partial charge >= 0.3 is 0 Å². The van der Waals surface area contributed by atoms with Gasteiger partial charge in [-0.25, -0.2) is 8.78 Å². The largest absolute Gasteiger partial charge is 0.383 e. The van der Waals surface area contributed by atoms with Crippen molar-refractivity contribution < 1.29 is 13.5 Å². The van der Waals surface area contributed by atoms with Crippen LogP contribution in [0.4, 0.5) is 8.78 Å². The van der Waals surface area contributed by atoms with Crippen LogP contribution in [-0.2, 0) is 11.3 Å². The van der Waals surface area contributed by atoms with Gasteiger partial charge in [0.15, 0.2) is 0 Å². The average Bonchev–Trinajstić information content (AvgIpc) is 2.31. The minimum Gasteiger partial charge on any atom is -0.383 e. The zero-order valence-corrected chi connectivity index (χ0v) is 9.93. The summed E-state index contributed by atoms with van der Waals surface area (Å²) >= 11 is 0. The first-order valence-corrected chi connectivity index (χ1v) is 5.59. The van der Waals surface area contributed by atoms with Crippen LogP contribution < -0.4 is 10.6 Å². The van der Waals surface area contributed by atoms with Crippen LogP contribution in [0.25, 0.3) is 0 Å². The monoisotopic (exact) mass is 244 g/mol. The molecule has 0 aliphatic rings. The molecule has 1 rings (SSSR count). The van der Waals surface area contributed by atoms with E-state index in [-0.39, 0.29) is 12.1 Å². The van der Waals surface area contributed by atoms with Crippen LogP contribution in [0.3, 0.4) is 0 Å². The first kappa shape index (κ1) is 14.0. The Kier molecular flexibility index (Phi) is 6.69. The molecule has 2 N–H and O–H groups in total. The van der Waals surface area contributed by atoms with Crippen molar-refractivity contribution in [3.63, 3.8) is 0 Å². The number of hydrogen-bond donors (Lipinski definition) is 2. The van der Waals surface area contributed by atoms with E-state index in [0.29, 0.717) is 13.2 Å². The topological polar surface area (TPSA) is 33.3 Å². The average molecular weight is 244 g/mol. The molecule has 0 radical (unpaired) electrons. The van der Waals surface area contributed by atoms with Crippen molar-refractivity contribution >= 4 is 0 Å². The lowest BCUT2D eigenvalue weighted by atomic mass is 10.2. The Balaban J connectivity index is 2.18. The van der Waals surface area contributed by atoms with E-state index in [4.69, 9.17) is 4.74 Å². The second kappa shape index (κ2) is 8.11. The summed E-state index contributed by atoms with van der Waals surface area (Å²) in [5.74, 6) is -1.02. The van der Waals surface area contributed by atoms with Crippen molar-refractivity contribution in [1.82, 2.24) is 10.6 Å². The van der Waals surface area contributed by atoms with Gasteiger partial charge in [-0.3, -0.25) is 0 Å². The lowest BCUT2D eigenvalue weighted by Crippen LogP contribution is -2.29. The third-order valence-corrected chi connectivity index (χ3v) is 2.32. The van der Waals surface area contributed by atoms with Gasteiger partial charge in [-0.2, -0.15) is 0 Å². The third-order valence-electron chi connectivity index (χ3n) is 2.32. The number of rotatable bonds is 8. The molecule has 17 heavy (non-hydrogen) atoms. The summed E-state index contributed by atoms with van der Waals surface area (Å²) in [5, 5.41) is 6.10. The first-order valence-electron chi connectivity index (χ1n) is 5.59. The van der Waals surface area contributed by atoms with Crippen LogP contribution in [-0.4, -0.2) is 33.4 Å². The van der Waals surface area contributed by atoms with E-state index in [2.05, 4.69) is 10.6 Å². The maximum absolute atomic E-state index is 13.2. The zero-order valence-electron chi connectivity index (χ0n) is 9.93. The van der Waals surface area contributed by atoms with Crippen molar-refractivity contribution in [2.45, 2.75) is 6.54 Å². The standard InChI is InChI=1S/C12H18F2N2O/c1-17-8-7-15-5-6-16-9-10-11(13)3-2-4-12(10)14/h2-4,15-16H,5-9H2,1H3. The molecule has 0 spiro atoms. The Morgan fingerprint density at radius 1 is 1.06 bits per heavy atom. The van der Waals surface area contributed by atoms with Crippen molar-refractivity contribution in [1.29, 1.82) is 0 Å². The molecule has 0 aliphatic heterocycles. The summed E-state index contributed by atoms with van der Waals surface area (Å²) in [7, 11) is 1.64. The summed E-state index contributed by atoms with van der Waals surface area (Å²) in [6, 6.07) is 3.88. The van der Waals surface area contributed by atoms with Crippen molar-refractivity contribution in [3.8, 4) is 0 Å². The van der Waals surface area contributed by atoms with Gasteiger partial charge in [0.05, 0.1) is 6.61 Å². The Morgan fingerprint density at radius 3 is 2.35 bits per heavy atom. The van der Waals surface area contributed by atoms with Crippen LogP contribution in [0.5, 0.6) is 0 Å². The lowest BCUT2D eigenvalue weighted by molar-refractivity contribution is 0.199. The molecule has 0 amide bonds. The summed E-state index contributed by atoms with van der Waals surface area (Å²) in [6.45, 7) is 3.01. The maximum Gasteiger partial charge on any atom is 0.130 e. The highest BCUT2D eigenvalue weighted by Gasteiger charge is 2.06. The summed E-state index contributed by atoms with van der Waals surface area (Å²) in [4.78, 5) is 0. The molecule has 0 fully saturated rings. The van der Waals surface area contributed by atoms with Crippen LogP contribution in [0, 0.1) is 11.6 Å². The first-order chi connectivity index (χ1) is 8.25. The quantitative estimate of drug-likeness (QED) is 0.676. The molecule has 96 valence electrons. The highest BCUT2D eigenvalue weighted by molar-refractivity contribution is 5.19. The molecular weight excluding hydrogens is 226 g/mol. The number of ether oxygens (including phenoxy) is 1. The summed E-state index contributed by atoms with van der Waals surface area (Å²) in [5.41, 5.74) is 0.0874. The van der Waals surface area contributed by atoms with Crippen molar-refractivity contribution in [3.05, 3.63) is 35.4 Å². The van der Waals surface area contributed by atoms with Crippen LogP contribution in [0.2, 0.25) is 0 Å². The van der Waals surface area contributed by atoms with Crippen molar-refractivity contribution in [2.75, 3.05) is 33.4 Å². The van der Waals surface area contributed by atoms with Gasteiger partial charge < -0.3 is 15.4 Å². The van der Waals surface area contributed by atoms with Gasteiger partial charge in [0.1, 0.15) is 11.6 Å². The molecule has 0 unspecified atom stereocenters. The zero-order chi connectivity index (χ0) is 12.5. The van der Waals surface area contributed by atoms with Gasteiger partial charge in [0.25, 0.3) is 0 Å². The highest BCUT2D eigenvalue weighted by Crippen LogP contribution is 2.10.